The van der Waals surface area contributed by atoms with Crippen molar-refractivity contribution < 1.29 is 35.5 Å². The summed E-state index contributed by atoms with van der Waals surface area (Å²) in [6, 6.07) is 9.48. The lowest BCUT2D eigenvalue weighted by atomic mass is 10.0. The van der Waals surface area contributed by atoms with Crippen LogP contribution in [-0.2, 0) is 16.2 Å². The van der Waals surface area contributed by atoms with Crippen LogP contribution in [0.2, 0.25) is 5.02 Å². The topological polar surface area (TPSA) is 68.7 Å². The van der Waals surface area contributed by atoms with Crippen LogP contribution in [0, 0.1) is 5.82 Å². The predicted octanol–water partition coefficient (Wildman–Crippen LogP) is 7.86. The van der Waals surface area contributed by atoms with Gasteiger partial charge < -0.3 is 9.47 Å². The van der Waals surface area contributed by atoms with Crippen molar-refractivity contribution in [2.24, 2.45) is 0 Å². The Balaban J connectivity index is 0.00000141. The van der Waals surface area contributed by atoms with Crippen LogP contribution in [0.15, 0.2) is 53.6 Å². The van der Waals surface area contributed by atoms with Crippen LogP contribution in [-0.4, -0.2) is 33.2 Å². The Kier molecular flexibility index (Phi) is 10.1. The molecule has 2 aromatic carbocycles. The Morgan fingerprint density at radius 3 is 2.50 bits per heavy atom. The summed E-state index contributed by atoms with van der Waals surface area (Å²) in [5, 5.41) is 0.208. The summed E-state index contributed by atoms with van der Waals surface area (Å²) in [7, 11) is -4.56. The smallest absolute Gasteiger partial charge is 0.417 e. The molecule has 0 amide bonds. The van der Waals surface area contributed by atoms with Crippen molar-refractivity contribution in [1.29, 1.82) is 0 Å². The summed E-state index contributed by atoms with van der Waals surface area (Å²) in [4.78, 5) is 2.91. The molecule has 0 saturated heterocycles. The van der Waals surface area contributed by atoms with Crippen molar-refractivity contribution in [1.82, 2.24) is 4.98 Å². The van der Waals surface area contributed by atoms with Gasteiger partial charge in [0.25, 0.3) is 10.0 Å². The molecule has 3 aromatic rings. The largest absolute Gasteiger partial charge is 0.489 e. The number of nitrogens with zero attached hydrogens (tertiary/aromatic N) is 2. The van der Waals surface area contributed by atoms with E-state index in [-0.39, 0.29) is 41.8 Å². The fourth-order valence-electron chi connectivity index (χ4n) is 3.88. The molecule has 0 spiro atoms. The zero-order valence-corrected chi connectivity index (χ0v) is 23.9. The Hall–Kier alpha value is -3.31. The highest BCUT2D eigenvalue weighted by Crippen LogP contribution is 2.40. The molecule has 6 nitrogen and oxygen atoms in total. The van der Waals surface area contributed by atoms with Crippen LogP contribution in [0.3, 0.4) is 0 Å². The number of pyridine rings is 1. The van der Waals surface area contributed by atoms with E-state index in [9.17, 15) is 26.0 Å². The number of benzene rings is 2. The van der Waals surface area contributed by atoms with E-state index in [4.69, 9.17) is 21.1 Å². The van der Waals surface area contributed by atoms with Crippen LogP contribution in [0.4, 0.5) is 23.2 Å². The maximum atomic E-state index is 14.4. The van der Waals surface area contributed by atoms with Crippen LogP contribution in [0.25, 0.3) is 11.6 Å². The minimum absolute atomic E-state index is 0.00654. The van der Waals surface area contributed by atoms with E-state index in [1.165, 1.54) is 30.7 Å². The zero-order valence-electron chi connectivity index (χ0n) is 22.4. The van der Waals surface area contributed by atoms with Crippen molar-refractivity contribution in [2.45, 2.75) is 45.2 Å². The average Bonchev–Trinajstić information content (AvgIpc) is 2.88. The summed E-state index contributed by atoms with van der Waals surface area (Å²) in [5.74, 6) is -0.747. The van der Waals surface area contributed by atoms with Crippen molar-refractivity contribution in [3.8, 4) is 11.6 Å². The SMILES string of the molecule is CCC.CCOc1ncc(C(F)(F)F)cc1S(=O)(=O)N1CCOc2ccc(/C=C(\C)c3c(F)cccc3Cl)cc21. The molecule has 0 aliphatic carbocycles. The lowest BCUT2D eigenvalue weighted by Crippen LogP contribution is -2.38. The first kappa shape index (κ1) is 31.2. The third-order valence-corrected chi connectivity index (χ3v) is 7.66. The van der Waals surface area contributed by atoms with E-state index in [1.54, 1.807) is 32.1 Å². The first-order chi connectivity index (χ1) is 18.8. The lowest BCUT2D eigenvalue weighted by molar-refractivity contribution is -0.138. The number of rotatable bonds is 6. The Labute approximate surface area is 236 Å². The fourth-order valence-corrected chi connectivity index (χ4v) is 5.76. The first-order valence-electron chi connectivity index (χ1n) is 12.5. The minimum atomic E-state index is -4.81. The highest BCUT2D eigenvalue weighted by Gasteiger charge is 2.37. The molecule has 0 unspecified atom stereocenters. The molecule has 0 bridgehead atoms. The highest BCUT2D eigenvalue weighted by atomic mass is 35.5. The molecule has 1 aliphatic heterocycles. The Morgan fingerprint density at radius 2 is 1.88 bits per heavy atom. The van der Waals surface area contributed by atoms with Gasteiger partial charge in [0, 0.05) is 11.8 Å². The summed E-state index contributed by atoms with van der Waals surface area (Å²) in [6.07, 6.45) is -1.42. The van der Waals surface area contributed by atoms with Crippen LogP contribution < -0.4 is 13.8 Å². The van der Waals surface area contributed by atoms with Gasteiger partial charge in [-0.2, -0.15) is 13.2 Å². The van der Waals surface area contributed by atoms with Gasteiger partial charge in [0.05, 0.1) is 29.4 Å². The van der Waals surface area contributed by atoms with Crippen LogP contribution >= 0.6 is 11.6 Å². The maximum absolute atomic E-state index is 14.4. The summed E-state index contributed by atoms with van der Waals surface area (Å²) in [6.45, 7) is 7.26. The van der Waals surface area contributed by atoms with E-state index >= 15 is 0 Å². The zero-order chi connectivity index (χ0) is 29.7. The number of alkyl halides is 3. The number of ether oxygens (including phenoxy) is 2. The first-order valence-corrected chi connectivity index (χ1v) is 14.3. The van der Waals surface area contributed by atoms with Gasteiger partial charge in [-0.25, -0.2) is 17.8 Å². The molecule has 12 heteroatoms. The van der Waals surface area contributed by atoms with E-state index in [2.05, 4.69) is 18.8 Å². The van der Waals surface area contributed by atoms with Gasteiger partial charge >= 0.3 is 6.18 Å². The van der Waals surface area contributed by atoms with Gasteiger partial charge in [0.2, 0.25) is 5.88 Å². The third-order valence-electron chi connectivity index (χ3n) is 5.54. The fraction of sp³-hybridized carbons (Fsp3) is 0.321. The standard InChI is InChI=1S/C25H21ClF4N2O4S.C3H8/c1-3-35-24-22(13-17(14-31-24)25(28,29)30)37(33,34)32-9-10-36-21-8-7-16(12-20(21)32)11-15(2)23-18(26)5-4-6-19(23)27;1-3-2/h4-8,11-14H,3,9-10H2,1-2H3;3H2,1-2H3/b15-11+;. The van der Waals surface area contributed by atoms with Gasteiger partial charge in [0.1, 0.15) is 18.2 Å². The van der Waals surface area contributed by atoms with Crippen molar-refractivity contribution in [2.75, 3.05) is 24.1 Å². The number of aromatic nitrogens is 1. The second-order valence-electron chi connectivity index (χ2n) is 8.74. The van der Waals surface area contributed by atoms with E-state index in [0.717, 1.165) is 4.31 Å². The monoisotopic (exact) mass is 600 g/mol. The van der Waals surface area contributed by atoms with Gasteiger partial charge in [-0.05, 0) is 55.3 Å². The average molecular weight is 601 g/mol. The molecule has 0 atom stereocenters. The van der Waals surface area contributed by atoms with Crippen molar-refractivity contribution >= 4 is 39.0 Å². The molecule has 0 N–H and O–H groups in total. The molecule has 1 aromatic heterocycles. The van der Waals surface area contributed by atoms with Crippen molar-refractivity contribution in [3.05, 3.63) is 76.2 Å². The van der Waals surface area contributed by atoms with Gasteiger partial charge in [-0.3, -0.25) is 4.31 Å². The number of hydrogen-bond donors (Lipinski definition) is 0. The number of hydrogen-bond acceptors (Lipinski definition) is 5. The minimum Gasteiger partial charge on any atom is -0.489 e. The molecule has 2 heterocycles. The van der Waals surface area contributed by atoms with Crippen LogP contribution in [0.1, 0.15) is 50.8 Å². The number of sulfonamides is 1. The molecule has 0 radical (unpaired) electrons. The van der Waals surface area contributed by atoms with Gasteiger partial charge in [-0.1, -0.05) is 50.1 Å². The summed E-state index contributed by atoms with van der Waals surface area (Å²) in [5.41, 5.74) is 0.0479. The number of halogens is 5. The highest BCUT2D eigenvalue weighted by molar-refractivity contribution is 7.93. The number of fused-ring (bicyclic) bond motifs is 1. The van der Waals surface area contributed by atoms with Crippen molar-refractivity contribution in [3.63, 3.8) is 0 Å². The lowest BCUT2D eigenvalue weighted by Gasteiger charge is -2.31. The molecule has 4 rings (SSSR count). The second kappa shape index (κ2) is 12.9. The molecular weight excluding hydrogens is 572 g/mol. The maximum Gasteiger partial charge on any atom is 0.417 e. The summed E-state index contributed by atoms with van der Waals surface area (Å²) < 4.78 is 93.6. The molecule has 40 heavy (non-hydrogen) atoms. The molecule has 0 fully saturated rings. The molecular formula is C28H29ClF4N2O4S. The Morgan fingerprint density at radius 1 is 1.18 bits per heavy atom. The Bertz CT molecular complexity index is 1470. The molecule has 0 saturated carbocycles. The van der Waals surface area contributed by atoms with Gasteiger partial charge in [0.15, 0.2) is 4.90 Å². The quantitative estimate of drug-likeness (QED) is 0.213. The normalized spacial score (nSPS) is 13.6. The van der Waals surface area contributed by atoms with E-state index < -0.39 is 38.4 Å². The van der Waals surface area contributed by atoms with Gasteiger partial charge in [-0.15, -0.1) is 0 Å². The molecule has 1 aliphatic rings. The number of allylic oxidation sites excluding steroid dienone is 1. The van der Waals surface area contributed by atoms with E-state index in [1.807, 2.05) is 0 Å². The van der Waals surface area contributed by atoms with E-state index in [0.29, 0.717) is 23.4 Å². The second-order valence-corrected chi connectivity index (χ2v) is 11.0. The van der Waals surface area contributed by atoms with Crippen LogP contribution in [0.5, 0.6) is 11.6 Å². The predicted molar refractivity (Wildman–Crippen MR) is 148 cm³/mol. The number of anilines is 1. The molecule has 216 valence electrons. The summed E-state index contributed by atoms with van der Waals surface area (Å²) >= 11 is 6.16. The third kappa shape index (κ3) is 6.87.